The number of ether oxygens (including phenoxy) is 5. The van der Waals surface area contributed by atoms with Crippen molar-refractivity contribution in [1.29, 1.82) is 0 Å². The number of carboxylic acids is 1. The minimum absolute atomic E-state index is 0.0290. The lowest BCUT2D eigenvalue weighted by Gasteiger charge is -2.40. The third-order valence-corrected chi connectivity index (χ3v) is 13.1. The van der Waals surface area contributed by atoms with Crippen LogP contribution < -0.4 is 0 Å². The highest BCUT2D eigenvalue weighted by Gasteiger charge is 2.50. The Bertz CT molecular complexity index is 1710. The van der Waals surface area contributed by atoms with Crippen LogP contribution in [0.4, 0.5) is 0 Å². The molecule has 3 N–H and O–H groups in total. The van der Waals surface area contributed by atoms with Gasteiger partial charge in [-0.2, -0.15) is 0 Å². The zero-order valence-corrected chi connectivity index (χ0v) is 48.2. The van der Waals surface area contributed by atoms with Gasteiger partial charge in [0.25, 0.3) is 0 Å². The molecule has 1 aliphatic heterocycles. The van der Waals surface area contributed by atoms with Crippen LogP contribution in [0.5, 0.6) is 0 Å². The average Bonchev–Trinajstić information content (AvgIpc) is 3.42. The van der Waals surface area contributed by atoms with E-state index in [-0.39, 0.29) is 25.9 Å². The Labute approximate surface area is 466 Å². The second-order valence-electron chi connectivity index (χ2n) is 20.2. The van der Waals surface area contributed by atoms with Crippen molar-refractivity contribution in [3.8, 4) is 0 Å². The van der Waals surface area contributed by atoms with Gasteiger partial charge in [-0.25, -0.2) is 4.79 Å². The van der Waals surface area contributed by atoms with Crippen molar-refractivity contribution in [2.45, 2.75) is 276 Å². The molecule has 0 amide bonds. The van der Waals surface area contributed by atoms with Crippen molar-refractivity contribution in [2.24, 2.45) is 0 Å². The molecule has 1 heterocycles. The summed E-state index contributed by atoms with van der Waals surface area (Å²) in [7, 11) is 0. The Hall–Kier alpha value is -4.36. The van der Waals surface area contributed by atoms with E-state index in [0.29, 0.717) is 25.7 Å². The third kappa shape index (κ3) is 42.3. The van der Waals surface area contributed by atoms with E-state index < -0.39 is 67.3 Å². The zero-order valence-electron chi connectivity index (χ0n) is 48.2. The highest BCUT2D eigenvalue weighted by Crippen LogP contribution is 2.26. The van der Waals surface area contributed by atoms with Gasteiger partial charge in [-0.15, -0.1) is 0 Å². The molecule has 0 aromatic carbocycles. The molecular formula is C65H106O12. The summed E-state index contributed by atoms with van der Waals surface area (Å²) in [5.41, 5.74) is 0. The summed E-state index contributed by atoms with van der Waals surface area (Å²) in [4.78, 5) is 51.1. The molecule has 77 heavy (non-hydrogen) atoms. The summed E-state index contributed by atoms with van der Waals surface area (Å²) in [5.74, 6) is -3.26. The van der Waals surface area contributed by atoms with Crippen molar-refractivity contribution >= 4 is 23.9 Å². The van der Waals surface area contributed by atoms with Gasteiger partial charge in [0, 0.05) is 19.3 Å². The van der Waals surface area contributed by atoms with Gasteiger partial charge in [0.1, 0.15) is 18.8 Å². The Morgan fingerprint density at radius 3 is 1.31 bits per heavy atom. The van der Waals surface area contributed by atoms with Crippen LogP contribution in [0.1, 0.15) is 239 Å². The minimum Gasteiger partial charge on any atom is -0.479 e. The molecule has 12 heteroatoms. The number of aliphatic hydroxyl groups excluding tert-OH is 2. The quantitative estimate of drug-likeness (QED) is 0.0228. The summed E-state index contributed by atoms with van der Waals surface area (Å²) in [5, 5.41) is 31.5. The minimum atomic E-state index is -1.92. The number of allylic oxidation sites excluding steroid dienone is 16. The van der Waals surface area contributed by atoms with Crippen molar-refractivity contribution < 1.29 is 58.2 Å². The average molecular weight is 1080 g/mol. The van der Waals surface area contributed by atoms with Gasteiger partial charge in [0.15, 0.2) is 24.6 Å². The maximum atomic E-state index is 13.1. The number of unbranched alkanes of at least 4 members (excludes halogenated alkanes) is 20. The predicted molar refractivity (Wildman–Crippen MR) is 312 cm³/mol. The van der Waals surface area contributed by atoms with Gasteiger partial charge in [-0.3, -0.25) is 14.4 Å². The molecule has 0 spiro atoms. The molecule has 0 bridgehead atoms. The van der Waals surface area contributed by atoms with Gasteiger partial charge in [-0.1, -0.05) is 214 Å². The van der Waals surface area contributed by atoms with Crippen molar-refractivity contribution in [3.05, 3.63) is 97.2 Å². The molecular weight excluding hydrogens is 973 g/mol. The molecule has 1 saturated heterocycles. The number of carboxylic acid groups (broad SMARTS) is 1. The predicted octanol–water partition coefficient (Wildman–Crippen LogP) is 15.7. The molecule has 6 atom stereocenters. The summed E-state index contributed by atoms with van der Waals surface area (Å²) < 4.78 is 28.3. The Morgan fingerprint density at radius 2 is 0.844 bits per heavy atom. The van der Waals surface area contributed by atoms with Crippen molar-refractivity contribution in [2.75, 3.05) is 13.2 Å². The molecule has 1 fully saturated rings. The van der Waals surface area contributed by atoms with E-state index in [1.807, 2.05) is 12.2 Å². The number of aliphatic carboxylic acids is 1. The smallest absolute Gasteiger partial charge is 0.335 e. The summed E-state index contributed by atoms with van der Waals surface area (Å²) >= 11 is 0. The molecule has 6 unspecified atom stereocenters. The first-order valence-electron chi connectivity index (χ1n) is 30.2. The molecule has 0 aliphatic carbocycles. The SMILES string of the molecule is CC/C=C\C/C=C\C/C=C\C/C=C\CCC(=O)OC(COC(=O)CCCCCCCCCCC/C=C\CCCCCCCC)COC1OC(C(=O)O)C(O)C(O)C1OC(=O)CCCCCCC/C=C\C/C=C\C/C=C\CC. The van der Waals surface area contributed by atoms with Crippen molar-refractivity contribution in [1.82, 2.24) is 0 Å². The molecule has 12 nitrogen and oxygen atoms in total. The second kappa shape index (κ2) is 52.3. The molecule has 1 rings (SSSR count). The van der Waals surface area contributed by atoms with Crippen LogP contribution in [0.2, 0.25) is 0 Å². The first kappa shape index (κ1) is 70.7. The van der Waals surface area contributed by atoms with E-state index in [9.17, 15) is 34.5 Å². The second-order valence-corrected chi connectivity index (χ2v) is 20.2. The zero-order chi connectivity index (χ0) is 56.1. The van der Waals surface area contributed by atoms with E-state index >= 15 is 0 Å². The van der Waals surface area contributed by atoms with Gasteiger partial charge in [0.2, 0.25) is 0 Å². The Balaban J connectivity index is 2.70. The lowest BCUT2D eigenvalue weighted by Crippen LogP contribution is -2.61. The summed E-state index contributed by atoms with van der Waals surface area (Å²) in [6.07, 6.45) is 56.8. The first-order chi connectivity index (χ1) is 37.6. The standard InChI is InChI=1S/C65H106O12/c1-4-7-10-13-16-19-22-25-27-28-29-30-32-34-36-39-42-45-48-51-57(66)73-54-56(75-58(67)52-49-46-43-40-37-33-24-21-18-15-12-9-6-3)55-74-65-63(61(70)60(69)62(77-65)64(71)72)76-59(68)53-50-47-44-41-38-35-31-26-23-20-17-14-11-8-5-2/h8-9,11-12,17-18,20-21,25-27,31,33,37,43,46,56,60-63,65,69-70H,4-7,10,13-16,19,22-24,28-30,32,34-36,38-42,44-45,47-55H2,1-3H3,(H,71,72)/b11-8-,12-9-,20-17-,21-18-,27-25-,31-26-,37-33-,46-43-. The van der Waals surface area contributed by atoms with Crippen LogP contribution >= 0.6 is 0 Å². The van der Waals surface area contributed by atoms with Gasteiger partial charge in [0.05, 0.1) is 6.61 Å². The fraction of sp³-hybridized carbons (Fsp3) is 0.692. The fourth-order valence-corrected chi connectivity index (χ4v) is 8.57. The number of esters is 3. The topological polar surface area (TPSA) is 175 Å². The van der Waals surface area contributed by atoms with E-state index in [1.165, 1.54) is 83.5 Å². The van der Waals surface area contributed by atoms with Crippen LogP contribution in [0.25, 0.3) is 0 Å². The van der Waals surface area contributed by atoms with Crippen LogP contribution in [0.15, 0.2) is 97.2 Å². The lowest BCUT2D eigenvalue weighted by atomic mass is 9.98. The van der Waals surface area contributed by atoms with Crippen LogP contribution in [-0.2, 0) is 42.9 Å². The largest absolute Gasteiger partial charge is 0.479 e. The third-order valence-electron chi connectivity index (χ3n) is 13.1. The van der Waals surface area contributed by atoms with Gasteiger partial charge < -0.3 is 39.0 Å². The normalized spacial score (nSPS) is 18.7. The lowest BCUT2D eigenvalue weighted by molar-refractivity contribution is -0.301. The van der Waals surface area contributed by atoms with Gasteiger partial charge in [-0.05, 0) is 103 Å². The van der Waals surface area contributed by atoms with E-state index in [1.54, 1.807) is 0 Å². The highest BCUT2D eigenvalue weighted by molar-refractivity contribution is 5.74. The molecule has 0 saturated carbocycles. The molecule has 1 aliphatic rings. The maximum Gasteiger partial charge on any atom is 0.335 e. The number of rotatable bonds is 50. The highest BCUT2D eigenvalue weighted by atomic mass is 16.7. The van der Waals surface area contributed by atoms with E-state index in [0.717, 1.165) is 89.9 Å². The van der Waals surface area contributed by atoms with Crippen LogP contribution in [0.3, 0.4) is 0 Å². The number of aliphatic hydroxyl groups is 2. The van der Waals surface area contributed by atoms with Crippen molar-refractivity contribution in [3.63, 3.8) is 0 Å². The summed E-state index contributed by atoms with van der Waals surface area (Å²) in [6.45, 7) is 5.69. The number of carbonyl (C=O) groups is 4. The fourth-order valence-electron chi connectivity index (χ4n) is 8.57. The molecule has 0 aromatic rings. The number of hydrogen-bond donors (Lipinski definition) is 3. The Kier molecular flexibility index (Phi) is 48.0. The molecule has 438 valence electrons. The van der Waals surface area contributed by atoms with Crippen LogP contribution in [0, 0.1) is 0 Å². The number of carbonyl (C=O) groups excluding carboxylic acids is 3. The molecule has 0 radical (unpaired) electrons. The van der Waals surface area contributed by atoms with Gasteiger partial charge >= 0.3 is 23.9 Å². The summed E-state index contributed by atoms with van der Waals surface area (Å²) in [6, 6.07) is 0. The van der Waals surface area contributed by atoms with Crippen LogP contribution in [-0.4, -0.2) is 89.2 Å². The monoisotopic (exact) mass is 1080 g/mol. The van der Waals surface area contributed by atoms with E-state index in [4.69, 9.17) is 23.7 Å². The van der Waals surface area contributed by atoms with E-state index in [2.05, 4.69) is 106 Å². The molecule has 0 aromatic heterocycles. The number of hydrogen-bond acceptors (Lipinski definition) is 11. The maximum absolute atomic E-state index is 13.1. The Morgan fingerprint density at radius 1 is 0.442 bits per heavy atom. The first-order valence-corrected chi connectivity index (χ1v) is 30.2.